The van der Waals surface area contributed by atoms with E-state index >= 15 is 0 Å². The Kier molecular flexibility index (Phi) is 5.45. The molecule has 0 atom stereocenters. The van der Waals surface area contributed by atoms with Gasteiger partial charge in [0.25, 0.3) is 0 Å². The van der Waals surface area contributed by atoms with Crippen LogP contribution in [-0.2, 0) is 11.3 Å². The van der Waals surface area contributed by atoms with Crippen LogP contribution in [0.1, 0.15) is 23.0 Å². The zero-order valence-corrected chi connectivity index (χ0v) is 15.1. The maximum Gasteiger partial charge on any atom is 0.361 e. The lowest BCUT2D eigenvalue weighted by atomic mass is 10.1. The Morgan fingerprint density at radius 1 is 1.16 bits per heavy atom. The van der Waals surface area contributed by atoms with E-state index in [0.717, 1.165) is 15.6 Å². The summed E-state index contributed by atoms with van der Waals surface area (Å²) >= 11 is 3.41. The van der Waals surface area contributed by atoms with Crippen molar-refractivity contribution in [3.05, 3.63) is 64.3 Å². The Bertz CT molecular complexity index is 862. The average Bonchev–Trinajstić information content (AvgIpc) is 3.12. The molecule has 0 aliphatic heterocycles. The number of aromatic amines is 1. The molecule has 25 heavy (non-hydrogen) atoms. The summed E-state index contributed by atoms with van der Waals surface area (Å²) in [4.78, 5) is 11.9. The minimum atomic E-state index is -0.507. The molecule has 1 heterocycles. The van der Waals surface area contributed by atoms with Crippen LogP contribution >= 0.6 is 15.9 Å². The molecule has 0 aliphatic rings. The molecule has 6 nitrogen and oxygen atoms in total. The van der Waals surface area contributed by atoms with Crippen molar-refractivity contribution in [1.29, 1.82) is 0 Å². The second kappa shape index (κ2) is 7.94. The lowest BCUT2D eigenvalue weighted by Gasteiger charge is -2.08. The number of nitrogens with zero attached hydrogens (tertiary/aromatic N) is 2. The lowest BCUT2D eigenvalue weighted by Crippen LogP contribution is -2.06. The summed E-state index contributed by atoms with van der Waals surface area (Å²) in [6.07, 6.45) is 0. The smallest absolute Gasteiger partial charge is 0.361 e. The molecule has 2 aromatic carbocycles. The number of hydrogen-bond donors (Lipinski definition) is 1. The molecule has 3 rings (SSSR count). The summed E-state index contributed by atoms with van der Waals surface area (Å²) in [5.74, 6) is 0.172. The van der Waals surface area contributed by atoms with E-state index in [1.807, 2.05) is 48.5 Å². The number of esters is 1. The fraction of sp³-hybridized carbons (Fsp3) is 0.167. The highest BCUT2D eigenvalue weighted by atomic mass is 79.9. The van der Waals surface area contributed by atoms with Crippen LogP contribution < -0.4 is 4.74 Å². The summed E-state index contributed by atoms with van der Waals surface area (Å²) < 4.78 is 11.8. The van der Waals surface area contributed by atoms with Gasteiger partial charge >= 0.3 is 5.97 Å². The highest BCUT2D eigenvalue weighted by molar-refractivity contribution is 9.10. The number of hydrogen-bond acceptors (Lipinski definition) is 5. The first-order valence-electron chi connectivity index (χ1n) is 7.73. The number of carbonyl (C=O) groups excluding carboxylic acids is 1. The summed E-state index contributed by atoms with van der Waals surface area (Å²) in [5, 5.41) is 10.4. The molecule has 0 aliphatic carbocycles. The van der Waals surface area contributed by atoms with Crippen LogP contribution in [0.4, 0.5) is 0 Å². The second-order valence-electron chi connectivity index (χ2n) is 5.18. The topological polar surface area (TPSA) is 77.1 Å². The van der Waals surface area contributed by atoms with E-state index in [9.17, 15) is 4.79 Å². The monoisotopic (exact) mass is 401 g/mol. The Morgan fingerprint density at radius 3 is 2.72 bits per heavy atom. The number of rotatable bonds is 6. The van der Waals surface area contributed by atoms with Crippen molar-refractivity contribution in [2.45, 2.75) is 13.5 Å². The van der Waals surface area contributed by atoms with Crippen molar-refractivity contribution in [2.24, 2.45) is 0 Å². The predicted octanol–water partition coefficient (Wildman–Crippen LogP) is 3.99. The quantitative estimate of drug-likeness (QED) is 0.631. The Labute approximate surface area is 153 Å². The van der Waals surface area contributed by atoms with Crippen LogP contribution in [0.3, 0.4) is 0 Å². The fourth-order valence-electron chi connectivity index (χ4n) is 2.25. The fourth-order valence-corrected chi connectivity index (χ4v) is 2.52. The van der Waals surface area contributed by atoms with Crippen molar-refractivity contribution in [3.63, 3.8) is 0 Å². The molecule has 7 heteroatoms. The highest BCUT2D eigenvalue weighted by Crippen LogP contribution is 2.25. The molecule has 0 amide bonds. The van der Waals surface area contributed by atoms with Gasteiger partial charge in [-0.2, -0.15) is 10.3 Å². The summed E-state index contributed by atoms with van der Waals surface area (Å²) in [7, 11) is 0. The Balaban J connectivity index is 1.77. The van der Waals surface area contributed by atoms with Gasteiger partial charge in [-0.3, -0.25) is 0 Å². The average molecular weight is 402 g/mol. The second-order valence-corrected chi connectivity index (χ2v) is 6.10. The van der Waals surface area contributed by atoms with E-state index < -0.39 is 5.97 Å². The van der Waals surface area contributed by atoms with Gasteiger partial charge in [0.15, 0.2) is 5.69 Å². The van der Waals surface area contributed by atoms with Crippen LogP contribution in [0.25, 0.3) is 11.3 Å². The number of ether oxygens (including phenoxy) is 2. The summed E-state index contributed by atoms with van der Waals surface area (Å²) in [6, 6.07) is 15.3. The van der Waals surface area contributed by atoms with Crippen LogP contribution in [0, 0.1) is 0 Å². The van der Waals surface area contributed by atoms with Gasteiger partial charge in [-0.25, -0.2) is 4.79 Å². The van der Waals surface area contributed by atoms with E-state index in [1.165, 1.54) is 0 Å². The molecule has 1 aromatic heterocycles. The van der Waals surface area contributed by atoms with E-state index in [4.69, 9.17) is 9.47 Å². The molecule has 128 valence electrons. The molecule has 0 spiro atoms. The first-order chi connectivity index (χ1) is 12.2. The molecule has 0 fully saturated rings. The van der Waals surface area contributed by atoms with Crippen molar-refractivity contribution in [3.8, 4) is 17.0 Å². The normalized spacial score (nSPS) is 10.5. The van der Waals surface area contributed by atoms with Gasteiger partial charge in [-0.05, 0) is 36.8 Å². The molecule has 0 saturated carbocycles. The number of aromatic nitrogens is 3. The van der Waals surface area contributed by atoms with Crippen LogP contribution in [0.15, 0.2) is 53.0 Å². The van der Waals surface area contributed by atoms with Crippen LogP contribution in [0.2, 0.25) is 0 Å². The van der Waals surface area contributed by atoms with Gasteiger partial charge < -0.3 is 9.47 Å². The molecule has 0 unspecified atom stereocenters. The maximum atomic E-state index is 11.9. The molecule has 0 radical (unpaired) electrons. The molecule has 0 saturated heterocycles. The van der Waals surface area contributed by atoms with Gasteiger partial charge in [0, 0.05) is 10.0 Å². The number of halogens is 1. The minimum absolute atomic E-state index is 0.159. The molecule has 3 aromatic rings. The predicted molar refractivity (Wildman–Crippen MR) is 96.2 cm³/mol. The van der Waals surface area contributed by atoms with Gasteiger partial charge in [-0.15, -0.1) is 5.10 Å². The number of carbonyl (C=O) groups is 1. The third-order valence-electron chi connectivity index (χ3n) is 3.44. The summed E-state index contributed by atoms with van der Waals surface area (Å²) in [6.45, 7) is 2.47. The van der Waals surface area contributed by atoms with E-state index in [0.29, 0.717) is 18.1 Å². The molecular formula is C18H16BrN3O3. The number of benzene rings is 2. The zero-order chi connectivity index (χ0) is 17.6. The van der Waals surface area contributed by atoms with Crippen molar-refractivity contribution >= 4 is 21.9 Å². The molecule has 0 bridgehead atoms. The zero-order valence-electron chi connectivity index (χ0n) is 13.5. The molecular weight excluding hydrogens is 386 g/mol. The number of nitrogens with one attached hydrogen (secondary N) is 1. The van der Waals surface area contributed by atoms with E-state index in [-0.39, 0.29) is 12.3 Å². The third kappa shape index (κ3) is 4.24. The Hall–Kier alpha value is -2.67. The van der Waals surface area contributed by atoms with Crippen molar-refractivity contribution in [1.82, 2.24) is 15.4 Å². The van der Waals surface area contributed by atoms with E-state index in [1.54, 1.807) is 6.92 Å². The number of H-pyrrole nitrogens is 1. The lowest BCUT2D eigenvalue weighted by molar-refractivity contribution is 0.0520. The molecule has 1 N–H and O–H groups in total. The van der Waals surface area contributed by atoms with Crippen molar-refractivity contribution in [2.75, 3.05) is 6.61 Å². The first kappa shape index (κ1) is 17.2. The standard InChI is InChI=1S/C18H16BrN3O3/c1-2-24-18(23)17-16(20-22-21-17)13-4-3-5-15(10-13)25-11-12-6-8-14(19)9-7-12/h3-10H,2,11H2,1H3,(H,20,21,22). The van der Waals surface area contributed by atoms with Gasteiger partial charge in [0.2, 0.25) is 0 Å². The Morgan fingerprint density at radius 2 is 1.96 bits per heavy atom. The van der Waals surface area contributed by atoms with Crippen LogP contribution in [0.5, 0.6) is 5.75 Å². The SMILES string of the molecule is CCOC(=O)c1n[nH]nc1-c1cccc(OCc2ccc(Br)cc2)c1. The third-order valence-corrected chi connectivity index (χ3v) is 3.97. The summed E-state index contributed by atoms with van der Waals surface area (Å²) in [5.41, 5.74) is 2.38. The largest absolute Gasteiger partial charge is 0.489 e. The van der Waals surface area contributed by atoms with E-state index in [2.05, 4.69) is 31.3 Å². The first-order valence-corrected chi connectivity index (χ1v) is 8.52. The van der Waals surface area contributed by atoms with Crippen LogP contribution in [-0.4, -0.2) is 28.0 Å². The highest BCUT2D eigenvalue weighted by Gasteiger charge is 2.19. The van der Waals surface area contributed by atoms with Gasteiger partial charge in [0.05, 0.1) is 6.61 Å². The van der Waals surface area contributed by atoms with Crippen molar-refractivity contribution < 1.29 is 14.3 Å². The van der Waals surface area contributed by atoms with Gasteiger partial charge in [0.1, 0.15) is 18.1 Å². The minimum Gasteiger partial charge on any atom is -0.489 e. The maximum absolute atomic E-state index is 11.9. The van der Waals surface area contributed by atoms with Gasteiger partial charge in [-0.1, -0.05) is 40.2 Å².